The van der Waals surface area contributed by atoms with Crippen molar-refractivity contribution in [2.75, 3.05) is 19.0 Å². The summed E-state index contributed by atoms with van der Waals surface area (Å²) in [6.07, 6.45) is 2.82. The molecule has 22 heavy (non-hydrogen) atoms. The van der Waals surface area contributed by atoms with Gasteiger partial charge in [0.15, 0.2) is 5.79 Å². The first kappa shape index (κ1) is 17.3. The third kappa shape index (κ3) is 4.74. The summed E-state index contributed by atoms with van der Waals surface area (Å²) in [5.74, 6) is -0.573. The Morgan fingerprint density at radius 1 is 1.36 bits per heavy atom. The molecule has 5 heteroatoms. The van der Waals surface area contributed by atoms with Gasteiger partial charge in [-0.1, -0.05) is 23.8 Å². The van der Waals surface area contributed by atoms with Gasteiger partial charge >= 0.3 is 0 Å². The summed E-state index contributed by atoms with van der Waals surface area (Å²) in [6.45, 7) is 6.76. The summed E-state index contributed by atoms with van der Waals surface area (Å²) in [4.78, 5) is 0.734. The van der Waals surface area contributed by atoms with Crippen molar-refractivity contribution in [2.24, 2.45) is 0 Å². The van der Waals surface area contributed by atoms with E-state index in [1.54, 1.807) is 0 Å². The molecule has 2 atom stereocenters. The summed E-state index contributed by atoms with van der Waals surface area (Å²) in [5, 5.41) is 10.3. The molecule has 0 spiro atoms. The number of aliphatic hydroxyl groups is 1. The number of aliphatic hydroxyl groups excluding tert-OH is 1. The fraction of sp³-hybridized carbons (Fsp3) is 0.529. The summed E-state index contributed by atoms with van der Waals surface area (Å²) in [5.41, 5.74) is 1.12. The fourth-order valence-corrected chi connectivity index (χ4v) is 3.66. The Balaban J connectivity index is 1.93. The lowest BCUT2D eigenvalue weighted by atomic mass is 10.0. The van der Waals surface area contributed by atoms with Crippen LogP contribution in [0.1, 0.15) is 24.8 Å². The number of allylic oxidation sites excluding steroid dienone is 1. The lowest BCUT2D eigenvalue weighted by Gasteiger charge is -2.29. The minimum atomic E-state index is -1.23. The van der Waals surface area contributed by atoms with Gasteiger partial charge in [0.25, 0.3) is 0 Å². The van der Waals surface area contributed by atoms with Gasteiger partial charge in [0.05, 0.1) is 35.9 Å². The Kier molecular flexibility index (Phi) is 6.32. The molecule has 0 aromatic heterocycles. The number of aryl methyl sites for hydroxylation is 1. The molecule has 2 rings (SSSR count). The highest BCUT2D eigenvalue weighted by atomic mass is 32.2. The van der Waals surface area contributed by atoms with Crippen LogP contribution in [-0.4, -0.2) is 40.2 Å². The van der Waals surface area contributed by atoms with Crippen LogP contribution in [0.15, 0.2) is 41.8 Å². The number of benzene rings is 1. The molecule has 1 fully saturated rings. The van der Waals surface area contributed by atoms with E-state index >= 15 is 0 Å². The second-order valence-corrected chi connectivity index (χ2v) is 7.11. The molecule has 4 nitrogen and oxygen atoms in total. The van der Waals surface area contributed by atoms with Crippen molar-refractivity contribution in [1.29, 1.82) is 0 Å². The maximum absolute atomic E-state index is 12.3. The molecule has 0 amide bonds. The monoisotopic (exact) mass is 324 g/mol. The van der Waals surface area contributed by atoms with Gasteiger partial charge in [-0.15, -0.1) is 6.58 Å². The fourth-order valence-electron chi connectivity index (χ4n) is 2.56. The maximum Gasteiger partial charge on any atom is 0.171 e. The quantitative estimate of drug-likeness (QED) is 0.747. The molecule has 1 N–H and O–H groups in total. The van der Waals surface area contributed by atoms with E-state index in [0.717, 1.165) is 16.9 Å². The maximum atomic E-state index is 12.3. The van der Waals surface area contributed by atoms with Crippen LogP contribution in [0.2, 0.25) is 0 Å². The standard InChI is InChI=1S/C17H24O4S/c1-3-4-9-17(20-10-11-21-17)12-15(18)13-22(19)16-7-5-14(2)6-8-16/h3,5-8,15,18H,1,4,9-13H2,2H3/t15-,22+/m0/s1. The SMILES string of the molecule is C=CCCC1(C[C@H](O)C[S@@](=O)c2ccc(C)cc2)OCCO1. The molecular weight excluding hydrogens is 300 g/mol. The van der Waals surface area contributed by atoms with Gasteiger partial charge < -0.3 is 14.6 Å². The van der Waals surface area contributed by atoms with Gasteiger partial charge in [0, 0.05) is 17.7 Å². The average molecular weight is 324 g/mol. The summed E-state index contributed by atoms with van der Waals surface area (Å²) in [6, 6.07) is 7.53. The molecule has 0 bridgehead atoms. The second-order valence-electron chi connectivity index (χ2n) is 5.62. The summed E-state index contributed by atoms with van der Waals surface area (Å²) < 4.78 is 23.7. The molecule has 1 aliphatic heterocycles. The topological polar surface area (TPSA) is 55.8 Å². The van der Waals surface area contributed by atoms with Crippen molar-refractivity contribution in [3.63, 3.8) is 0 Å². The first-order chi connectivity index (χ1) is 10.5. The smallest absolute Gasteiger partial charge is 0.171 e. The van der Waals surface area contributed by atoms with E-state index in [2.05, 4.69) is 6.58 Å². The normalized spacial score (nSPS) is 19.7. The van der Waals surface area contributed by atoms with Gasteiger partial charge in [-0.3, -0.25) is 4.21 Å². The van der Waals surface area contributed by atoms with Crippen LogP contribution in [0.3, 0.4) is 0 Å². The largest absolute Gasteiger partial charge is 0.392 e. The van der Waals surface area contributed by atoms with Gasteiger partial charge in [-0.2, -0.15) is 0 Å². The Hall–Kier alpha value is -1.01. The first-order valence-corrected chi connectivity index (χ1v) is 8.88. The molecule has 0 aliphatic carbocycles. The predicted octanol–water partition coefficient (Wildman–Crippen LogP) is 2.56. The Bertz CT molecular complexity index is 506. The van der Waals surface area contributed by atoms with Crippen LogP contribution in [-0.2, 0) is 20.3 Å². The Labute approximate surface area is 134 Å². The van der Waals surface area contributed by atoms with E-state index in [1.165, 1.54) is 0 Å². The molecule has 122 valence electrons. The highest BCUT2D eigenvalue weighted by Crippen LogP contribution is 2.30. The Morgan fingerprint density at radius 3 is 2.59 bits per heavy atom. The van der Waals surface area contributed by atoms with Crippen molar-refractivity contribution < 1.29 is 18.8 Å². The number of rotatable bonds is 8. The zero-order chi connectivity index (χ0) is 16.0. The molecule has 1 heterocycles. The van der Waals surface area contributed by atoms with Crippen molar-refractivity contribution in [3.05, 3.63) is 42.5 Å². The van der Waals surface area contributed by atoms with Gasteiger partial charge in [0.1, 0.15) is 0 Å². The van der Waals surface area contributed by atoms with Crippen LogP contribution in [0.5, 0.6) is 0 Å². The van der Waals surface area contributed by atoms with E-state index in [9.17, 15) is 9.32 Å². The average Bonchev–Trinajstić information content (AvgIpc) is 2.94. The van der Waals surface area contributed by atoms with Crippen molar-refractivity contribution in [2.45, 2.75) is 43.0 Å². The lowest BCUT2D eigenvalue weighted by molar-refractivity contribution is -0.178. The van der Waals surface area contributed by atoms with Crippen LogP contribution < -0.4 is 0 Å². The molecule has 0 unspecified atom stereocenters. The van der Waals surface area contributed by atoms with Crippen LogP contribution in [0.4, 0.5) is 0 Å². The summed E-state index contributed by atoms with van der Waals surface area (Å²) in [7, 11) is -1.23. The predicted molar refractivity (Wildman–Crippen MR) is 87.1 cm³/mol. The minimum Gasteiger partial charge on any atom is -0.392 e. The van der Waals surface area contributed by atoms with Gasteiger partial charge in [-0.25, -0.2) is 0 Å². The third-order valence-corrected chi connectivity index (χ3v) is 5.20. The highest BCUT2D eigenvalue weighted by Gasteiger charge is 2.38. The van der Waals surface area contributed by atoms with Gasteiger partial charge in [-0.05, 0) is 25.5 Å². The van der Waals surface area contributed by atoms with E-state index < -0.39 is 22.7 Å². The van der Waals surface area contributed by atoms with Crippen LogP contribution in [0.25, 0.3) is 0 Å². The van der Waals surface area contributed by atoms with Crippen molar-refractivity contribution in [1.82, 2.24) is 0 Å². The van der Waals surface area contributed by atoms with Crippen LogP contribution >= 0.6 is 0 Å². The number of ether oxygens (including phenoxy) is 2. The molecule has 1 aliphatic rings. The highest BCUT2D eigenvalue weighted by molar-refractivity contribution is 7.85. The second kappa shape index (κ2) is 8.02. The lowest BCUT2D eigenvalue weighted by Crippen LogP contribution is -2.36. The zero-order valence-electron chi connectivity index (χ0n) is 13.0. The third-order valence-electron chi connectivity index (χ3n) is 3.72. The van der Waals surface area contributed by atoms with E-state index in [4.69, 9.17) is 9.47 Å². The van der Waals surface area contributed by atoms with E-state index in [0.29, 0.717) is 26.1 Å². The molecule has 1 aromatic rings. The Morgan fingerprint density at radius 2 is 2.00 bits per heavy atom. The van der Waals surface area contributed by atoms with Crippen LogP contribution in [0, 0.1) is 6.92 Å². The number of hydrogen-bond donors (Lipinski definition) is 1. The molecular formula is C17H24O4S. The van der Waals surface area contributed by atoms with Gasteiger partial charge in [0.2, 0.25) is 0 Å². The minimum absolute atomic E-state index is 0.186. The number of hydrogen-bond acceptors (Lipinski definition) is 4. The zero-order valence-corrected chi connectivity index (χ0v) is 13.8. The van der Waals surface area contributed by atoms with E-state index in [1.807, 2.05) is 37.3 Å². The summed E-state index contributed by atoms with van der Waals surface area (Å²) >= 11 is 0. The molecule has 1 saturated heterocycles. The van der Waals surface area contributed by atoms with Crippen molar-refractivity contribution >= 4 is 10.8 Å². The molecule has 0 radical (unpaired) electrons. The molecule has 1 aromatic carbocycles. The first-order valence-electron chi connectivity index (χ1n) is 7.56. The van der Waals surface area contributed by atoms with Crippen molar-refractivity contribution in [3.8, 4) is 0 Å². The van der Waals surface area contributed by atoms with E-state index in [-0.39, 0.29) is 5.75 Å². The molecule has 0 saturated carbocycles.